The average molecular weight is 279 g/mol. The highest BCUT2D eigenvalue weighted by atomic mass is 16.5. The summed E-state index contributed by atoms with van der Waals surface area (Å²) in [5.41, 5.74) is 1.22. The molecule has 112 valence electrons. The van der Waals surface area contributed by atoms with E-state index in [1.54, 1.807) is 7.11 Å². The third-order valence-electron chi connectivity index (χ3n) is 3.65. The number of hydrogen-bond acceptors (Lipinski definition) is 4. The molecule has 20 heavy (non-hydrogen) atoms. The van der Waals surface area contributed by atoms with Gasteiger partial charge in [-0.15, -0.1) is 0 Å². The van der Waals surface area contributed by atoms with Crippen LogP contribution in [0.4, 0.5) is 0 Å². The van der Waals surface area contributed by atoms with Crippen molar-refractivity contribution in [2.75, 3.05) is 26.8 Å². The van der Waals surface area contributed by atoms with Crippen molar-refractivity contribution in [2.24, 2.45) is 0 Å². The SMILES string of the molecule is CCCOc1ccc(CN2CCC(O)CC2)cc1OC. The molecule has 1 saturated heterocycles. The largest absolute Gasteiger partial charge is 0.493 e. The van der Waals surface area contributed by atoms with Gasteiger partial charge in [-0.05, 0) is 37.0 Å². The molecule has 0 radical (unpaired) electrons. The van der Waals surface area contributed by atoms with E-state index in [1.165, 1.54) is 5.56 Å². The maximum Gasteiger partial charge on any atom is 0.161 e. The van der Waals surface area contributed by atoms with E-state index in [2.05, 4.69) is 24.0 Å². The molecule has 4 nitrogen and oxygen atoms in total. The number of likely N-dealkylation sites (tertiary alicyclic amines) is 1. The van der Waals surface area contributed by atoms with Gasteiger partial charge in [-0.1, -0.05) is 13.0 Å². The topological polar surface area (TPSA) is 41.9 Å². The van der Waals surface area contributed by atoms with E-state index in [9.17, 15) is 5.11 Å². The lowest BCUT2D eigenvalue weighted by Gasteiger charge is -2.29. The molecule has 4 heteroatoms. The van der Waals surface area contributed by atoms with Crippen molar-refractivity contribution in [1.82, 2.24) is 4.90 Å². The molecule has 0 bridgehead atoms. The number of methoxy groups -OCH3 is 1. The van der Waals surface area contributed by atoms with E-state index in [1.807, 2.05) is 6.07 Å². The first-order valence-electron chi connectivity index (χ1n) is 7.43. The number of ether oxygens (including phenoxy) is 2. The van der Waals surface area contributed by atoms with Crippen LogP contribution in [0.5, 0.6) is 11.5 Å². The van der Waals surface area contributed by atoms with E-state index < -0.39 is 0 Å². The summed E-state index contributed by atoms with van der Waals surface area (Å²) >= 11 is 0. The Morgan fingerprint density at radius 2 is 2.00 bits per heavy atom. The number of piperidine rings is 1. The zero-order valence-corrected chi connectivity index (χ0v) is 12.5. The molecule has 1 heterocycles. The second kappa shape index (κ2) is 7.50. The lowest BCUT2D eigenvalue weighted by molar-refractivity contribution is 0.0792. The molecule has 2 rings (SSSR count). The Balaban J connectivity index is 1.98. The van der Waals surface area contributed by atoms with Crippen molar-refractivity contribution < 1.29 is 14.6 Å². The van der Waals surface area contributed by atoms with Crippen LogP contribution in [0, 0.1) is 0 Å². The molecule has 1 N–H and O–H groups in total. The summed E-state index contributed by atoms with van der Waals surface area (Å²) < 4.78 is 11.1. The van der Waals surface area contributed by atoms with Gasteiger partial charge >= 0.3 is 0 Å². The zero-order valence-electron chi connectivity index (χ0n) is 12.5. The predicted molar refractivity (Wildman–Crippen MR) is 79.3 cm³/mol. The van der Waals surface area contributed by atoms with Gasteiger partial charge < -0.3 is 14.6 Å². The molecular formula is C16H25NO3. The van der Waals surface area contributed by atoms with Crippen molar-refractivity contribution in [3.8, 4) is 11.5 Å². The summed E-state index contributed by atoms with van der Waals surface area (Å²) in [5, 5.41) is 9.53. The molecule has 1 aromatic rings. The minimum Gasteiger partial charge on any atom is -0.493 e. The molecule has 0 amide bonds. The first kappa shape index (κ1) is 15.1. The Bertz CT molecular complexity index is 414. The molecule has 0 aliphatic carbocycles. The number of rotatable bonds is 6. The molecular weight excluding hydrogens is 254 g/mol. The molecule has 0 atom stereocenters. The van der Waals surface area contributed by atoms with Crippen LogP contribution in [0.2, 0.25) is 0 Å². The third kappa shape index (κ3) is 4.12. The van der Waals surface area contributed by atoms with Gasteiger partial charge in [-0.2, -0.15) is 0 Å². The minimum atomic E-state index is -0.120. The summed E-state index contributed by atoms with van der Waals surface area (Å²) in [6.45, 7) is 5.61. The van der Waals surface area contributed by atoms with Crippen molar-refractivity contribution in [1.29, 1.82) is 0 Å². The van der Waals surface area contributed by atoms with Crippen LogP contribution in [-0.4, -0.2) is 42.9 Å². The first-order chi connectivity index (χ1) is 9.72. The van der Waals surface area contributed by atoms with Crippen LogP contribution >= 0.6 is 0 Å². The standard InChI is InChI=1S/C16H25NO3/c1-3-10-20-15-5-4-13(11-16(15)19-2)12-17-8-6-14(18)7-9-17/h4-5,11,14,18H,3,6-10,12H2,1-2H3. The monoisotopic (exact) mass is 279 g/mol. The van der Waals surface area contributed by atoms with Crippen molar-refractivity contribution >= 4 is 0 Å². The van der Waals surface area contributed by atoms with Crippen molar-refractivity contribution in [2.45, 2.75) is 38.8 Å². The van der Waals surface area contributed by atoms with Crippen LogP contribution in [0.15, 0.2) is 18.2 Å². The summed E-state index contributed by atoms with van der Waals surface area (Å²) in [6, 6.07) is 6.14. The van der Waals surface area contributed by atoms with E-state index in [0.29, 0.717) is 6.61 Å². The Morgan fingerprint density at radius 1 is 1.25 bits per heavy atom. The highest BCUT2D eigenvalue weighted by molar-refractivity contribution is 5.43. The number of benzene rings is 1. The van der Waals surface area contributed by atoms with E-state index in [4.69, 9.17) is 9.47 Å². The number of aliphatic hydroxyl groups is 1. The summed E-state index contributed by atoms with van der Waals surface area (Å²) in [5.74, 6) is 1.61. The Kier molecular flexibility index (Phi) is 5.68. The fraction of sp³-hybridized carbons (Fsp3) is 0.625. The quantitative estimate of drug-likeness (QED) is 0.868. The lowest BCUT2D eigenvalue weighted by Crippen LogP contribution is -2.35. The number of aliphatic hydroxyl groups excluding tert-OH is 1. The second-order valence-electron chi connectivity index (χ2n) is 5.34. The van der Waals surface area contributed by atoms with Crippen molar-refractivity contribution in [3.05, 3.63) is 23.8 Å². The highest BCUT2D eigenvalue weighted by Gasteiger charge is 2.17. The van der Waals surface area contributed by atoms with E-state index in [0.717, 1.165) is 50.4 Å². The van der Waals surface area contributed by atoms with Gasteiger partial charge in [0.1, 0.15) is 0 Å². The van der Waals surface area contributed by atoms with Gasteiger partial charge in [0.25, 0.3) is 0 Å². The molecule has 1 fully saturated rings. The minimum absolute atomic E-state index is 0.120. The third-order valence-corrected chi connectivity index (χ3v) is 3.65. The Labute approximate surface area is 121 Å². The summed E-state index contributed by atoms with van der Waals surface area (Å²) in [7, 11) is 1.68. The fourth-order valence-electron chi connectivity index (χ4n) is 2.48. The average Bonchev–Trinajstić information content (AvgIpc) is 2.48. The first-order valence-corrected chi connectivity index (χ1v) is 7.43. The fourth-order valence-corrected chi connectivity index (χ4v) is 2.48. The molecule has 1 aliphatic rings. The van der Waals surface area contributed by atoms with Gasteiger partial charge in [-0.3, -0.25) is 4.90 Å². The van der Waals surface area contributed by atoms with Crippen LogP contribution in [0.1, 0.15) is 31.7 Å². The van der Waals surface area contributed by atoms with E-state index in [-0.39, 0.29) is 6.10 Å². The smallest absolute Gasteiger partial charge is 0.161 e. The molecule has 1 aliphatic heterocycles. The summed E-state index contributed by atoms with van der Waals surface area (Å²) in [6.07, 6.45) is 2.61. The van der Waals surface area contributed by atoms with Crippen molar-refractivity contribution in [3.63, 3.8) is 0 Å². The van der Waals surface area contributed by atoms with Gasteiger partial charge in [-0.25, -0.2) is 0 Å². The normalized spacial score (nSPS) is 17.1. The molecule has 0 spiro atoms. The van der Waals surface area contributed by atoms with Crippen LogP contribution in [0.3, 0.4) is 0 Å². The van der Waals surface area contributed by atoms with E-state index >= 15 is 0 Å². The zero-order chi connectivity index (χ0) is 14.4. The van der Waals surface area contributed by atoms with Gasteiger partial charge in [0.05, 0.1) is 19.8 Å². The Morgan fingerprint density at radius 3 is 2.65 bits per heavy atom. The lowest BCUT2D eigenvalue weighted by atomic mass is 10.1. The summed E-state index contributed by atoms with van der Waals surface area (Å²) in [4.78, 5) is 2.37. The maximum atomic E-state index is 9.53. The maximum absolute atomic E-state index is 9.53. The molecule has 0 unspecified atom stereocenters. The van der Waals surface area contributed by atoms with Gasteiger partial charge in [0, 0.05) is 19.6 Å². The molecule has 0 saturated carbocycles. The number of hydrogen-bond donors (Lipinski definition) is 1. The molecule has 1 aromatic carbocycles. The van der Waals surface area contributed by atoms with Gasteiger partial charge in [0.15, 0.2) is 11.5 Å². The second-order valence-corrected chi connectivity index (χ2v) is 5.34. The highest BCUT2D eigenvalue weighted by Crippen LogP contribution is 2.29. The van der Waals surface area contributed by atoms with Crippen LogP contribution in [0.25, 0.3) is 0 Å². The van der Waals surface area contributed by atoms with Crippen LogP contribution in [-0.2, 0) is 6.54 Å². The molecule has 0 aromatic heterocycles. The predicted octanol–water partition coefficient (Wildman–Crippen LogP) is 2.44. The van der Waals surface area contributed by atoms with Crippen LogP contribution < -0.4 is 9.47 Å². The Hall–Kier alpha value is -1.26. The van der Waals surface area contributed by atoms with Gasteiger partial charge in [0.2, 0.25) is 0 Å². The number of nitrogens with zero attached hydrogens (tertiary/aromatic N) is 1.